The first-order valence-electron chi connectivity index (χ1n) is 5.43. The van der Waals surface area contributed by atoms with Crippen LogP contribution in [-0.2, 0) is 6.54 Å². The molecule has 5 heteroatoms. The lowest BCUT2D eigenvalue weighted by molar-refractivity contribution is 0.898. The maximum Gasteiger partial charge on any atom is 0.133 e. The Hall–Kier alpha value is -1.26. The summed E-state index contributed by atoms with van der Waals surface area (Å²) in [5.74, 6) is 0.767. The second kappa shape index (κ2) is 5.59. The van der Waals surface area contributed by atoms with Crippen LogP contribution >= 0.6 is 27.5 Å². The molecule has 0 aliphatic heterocycles. The van der Waals surface area contributed by atoms with Gasteiger partial charge < -0.3 is 10.6 Å². The van der Waals surface area contributed by atoms with E-state index in [0.29, 0.717) is 10.8 Å². The summed E-state index contributed by atoms with van der Waals surface area (Å²) in [6.07, 6.45) is 0. The number of nitrogen functional groups attached to an aromatic ring is 1. The van der Waals surface area contributed by atoms with Crippen molar-refractivity contribution in [3.05, 3.63) is 51.6 Å². The number of nitrogens with zero attached hydrogens (tertiary/aromatic N) is 2. The second-order valence-corrected chi connectivity index (χ2v) is 5.37. The van der Waals surface area contributed by atoms with Gasteiger partial charge in [0.05, 0.1) is 0 Å². The number of hydrogen-bond acceptors (Lipinski definition) is 3. The fraction of sp³-hybridized carbons (Fsp3) is 0.154. The monoisotopic (exact) mass is 325 g/mol. The first-order chi connectivity index (χ1) is 8.54. The summed E-state index contributed by atoms with van der Waals surface area (Å²) in [5.41, 5.74) is 7.57. The molecule has 0 amide bonds. The molecule has 1 aromatic heterocycles. The average molecular weight is 327 g/mol. The molecule has 1 heterocycles. The van der Waals surface area contributed by atoms with E-state index >= 15 is 0 Å². The minimum absolute atomic E-state index is 0.410. The first-order valence-corrected chi connectivity index (χ1v) is 6.60. The molecule has 0 unspecified atom stereocenters. The summed E-state index contributed by atoms with van der Waals surface area (Å²) >= 11 is 9.31. The third kappa shape index (κ3) is 3.37. The third-order valence-electron chi connectivity index (χ3n) is 2.53. The molecule has 0 saturated heterocycles. The van der Waals surface area contributed by atoms with Gasteiger partial charge in [0.15, 0.2) is 0 Å². The van der Waals surface area contributed by atoms with Gasteiger partial charge in [-0.3, -0.25) is 0 Å². The minimum Gasteiger partial charge on any atom is -0.399 e. The normalized spacial score (nSPS) is 10.4. The second-order valence-electron chi connectivity index (χ2n) is 4.06. The van der Waals surface area contributed by atoms with Crippen molar-refractivity contribution in [1.82, 2.24) is 4.98 Å². The van der Waals surface area contributed by atoms with Gasteiger partial charge in [0.1, 0.15) is 11.0 Å². The number of aromatic nitrogens is 1. The number of hydrogen-bond donors (Lipinski definition) is 1. The Kier molecular flexibility index (Phi) is 4.09. The van der Waals surface area contributed by atoms with E-state index in [4.69, 9.17) is 17.3 Å². The predicted molar refractivity (Wildman–Crippen MR) is 79.9 cm³/mol. The van der Waals surface area contributed by atoms with Crippen molar-refractivity contribution in [2.45, 2.75) is 6.54 Å². The maximum atomic E-state index is 5.89. The Bertz CT molecular complexity index is 522. The van der Waals surface area contributed by atoms with Crippen LogP contribution in [0.25, 0.3) is 0 Å². The molecule has 2 N–H and O–H groups in total. The van der Waals surface area contributed by atoms with Gasteiger partial charge >= 0.3 is 0 Å². The van der Waals surface area contributed by atoms with E-state index in [1.807, 2.05) is 30.1 Å². The molecule has 3 nitrogen and oxygen atoms in total. The zero-order chi connectivity index (χ0) is 13.1. The minimum atomic E-state index is 0.410. The highest BCUT2D eigenvalue weighted by atomic mass is 79.9. The van der Waals surface area contributed by atoms with Gasteiger partial charge in [-0.15, -0.1) is 0 Å². The standard InChI is InChI=1S/C13H13BrClN3/c1-18(8-9-2-4-10(14)5-3-9)13-7-11(16)6-12(15)17-13/h2-7H,8H2,1H3,(H2,16,17). The zero-order valence-electron chi connectivity index (χ0n) is 9.90. The summed E-state index contributed by atoms with van der Waals surface area (Å²) in [5, 5.41) is 0.410. The highest BCUT2D eigenvalue weighted by molar-refractivity contribution is 9.10. The van der Waals surface area contributed by atoms with E-state index in [9.17, 15) is 0 Å². The van der Waals surface area contributed by atoms with E-state index in [1.165, 1.54) is 5.56 Å². The highest BCUT2D eigenvalue weighted by Gasteiger charge is 2.06. The SMILES string of the molecule is CN(Cc1ccc(Br)cc1)c1cc(N)cc(Cl)n1. The Labute approximate surface area is 120 Å². The summed E-state index contributed by atoms with van der Waals surface area (Å²) in [6.45, 7) is 0.750. The van der Waals surface area contributed by atoms with Crippen LogP contribution < -0.4 is 10.6 Å². The molecule has 0 saturated carbocycles. The van der Waals surface area contributed by atoms with Crippen LogP contribution in [0.4, 0.5) is 11.5 Å². The molecule has 18 heavy (non-hydrogen) atoms. The van der Waals surface area contributed by atoms with Crippen molar-refractivity contribution < 1.29 is 0 Å². The van der Waals surface area contributed by atoms with Crippen molar-refractivity contribution in [3.63, 3.8) is 0 Å². The van der Waals surface area contributed by atoms with Crippen molar-refractivity contribution in [2.75, 3.05) is 17.7 Å². The zero-order valence-corrected chi connectivity index (χ0v) is 12.2. The Balaban J connectivity index is 2.16. The lowest BCUT2D eigenvalue weighted by Gasteiger charge is -2.18. The van der Waals surface area contributed by atoms with Crippen molar-refractivity contribution in [1.29, 1.82) is 0 Å². The largest absolute Gasteiger partial charge is 0.399 e. The predicted octanol–water partition coefficient (Wildman–Crippen LogP) is 3.72. The molecular formula is C13H13BrClN3. The Morgan fingerprint density at radius 3 is 2.56 bits per heavy atom. The van der Waals surface area contributed by atoms with Crippen LogP contribution in [-0.4, -0.2) is 12.0 Å². The highest BCUT2D eigenvalue weighted by Crippen LogP contribution is 2.20. The van der Waals surface area contributed by atoms with E-state index in [0.717, 1.165) is 16.8 Å². The van der Waals surface area contributed by atoms with Crippen molar-refractivity contribution in [2.24, 2.45) is 0 Å². The van der Waals surface area contributed by atoms with Gasteiger partial charge in [-0.05, 0) is 23.8 Å². The van der Waals surface area contributed by atoms with Gasteiger partial charge in [0.2, 0.25) is 0 Å². The quantitative estimate of drug-likeness (QED) is 0.874. The molecule has 0 bridgehead atoms. The molecule has 0 aliphatic carbocycles. The number of anilines is 2. The molecule has 94 valence electrons. The van der Waals surface area contributed by atoms with Crippen LogP contribution in [0, 0.1) is 0 Å². The van der Waals surface area contributed by atoms with Gasteiger partial charge in [-0.1, -0.05) is 39.7 Å². The first kappa shape index (κ1) is 13.2. The molecule has 0 spiro atoms. The van der Waals surface area contributed by atoms with Gasteiger partial charge in [0.25, 0.3) is 0 Å². The molecule has 0 fully saturated rings. The van der Waals surface area contributed by atoms with Crippen LogP contribution in [0.2, 0.25) is 5.15 Å². The van der Waals surface area contributed by atoms with E-state index in [2.05, 4.69) is 33.0 Å². The lowest BCUT2D eigenvalue weighted by atomic mass is 10.2. The van der Waals surface area contributed by atoms with E-state index in [-0.39, 0.29) is 0 Å². The topological polar surface area (TPSA) is 42.1 Å². The molecular weight excluding hydrogens is 314 g/mol. The average Bonchev–Trinajstić information content (AvgIpc) is 2.31. The third-order valence-corrected chi connectivity index (χ3v) is 3.25. The van der Waals surface area contributed by atoms with Gasteiger partial charge in [-0.25, -0.2) is 4.98 Å². The molecule has 0 atom stereocenters. The number of benzene rings is 1. The molecule has 1 aromatic carbocycles. The number of pyridine rings is 1. The molecule has 2 aromatic rings. The van der Waals surface area contributed by atoms with Crippen LogP contribution in [0.3, 0.4) is 0 Å². The fourth-order valence-electron chi connectivity index (χ4n) is 1.64. The maximum absolute atomic E-state index is 5.89. The molecule has 0 radical (unpaired) electrons. The summed E-state index contributed by atoms with van der Waals surface area (Å²) in [6, 6.07) is 11.6. The molecule has 2 rings (SSSR count). The summed E-state index contributed by atoms with van der Waals surface area (Å²) in [4.78, 5) is 6.26. The molecule has 0 aliphatic rings. The van der Waals surface area contributed by atoms with Gasteiger partial charge in [-0.2, -0.15) is 0 Å². The van der Waals surface area contributed by atoms with Crippen molar-refractivity contribution >= 4 is 39.0 Å². The summed E-state index contributed by atoms with van der Waals surface area (Å²) < 4.78 is 1.07. The van der Waals surface area contributed by atoms with Crippen LogP contribution in [0.15, 0.2) is 40.9 Å². The number of halogens is 2. The van der Waals surface area contributed by atoms with Crippen LogP contribution in [0.1, 0.15) is 5.56 Å². The van der Waals surface area contributed by atoms with Gasteiger partial charge in [0, 0.05) is 29.8 Å². The van der Waals surface area contributed by atoms with E-state index < -0.39 is 0 Å². The lowest BCUT2D eigenvalue weighted by Crippen LogP contribution is -2.17. The summed E-state index contributed by atoms with van der Waals surface area (Å²) in [7, 11) is 1.96. The fourth-order valence-corrected chi connectivity index (χ4v) is 2.12. The smallest absolute Gasteiger partial charge is 0.133 e. The Morgan fingerprint density at radius 2 is 1.94 bits per heavy atom. The van der Waals surface area contributed by atoms with E-state index in [1.54, 1.807) is 6.07 Å². The number of rotatable bonds is 3. The van der Waals surface area contributed by atoms with Crippen molar-refractivity contribution in [3.8, 4) is 0 Å². The van der Waals surface area contributed by atoms with Crippen LogP contribution in [0.5, 0.6) is 0 Å². The Morgan fingerprint density at radius 1 is 1.28 bits per heavy atom. The number of nitrogens with two attached hydrogens (primary N) is 1.